The van der Waals surface area contributed by atoms with Gasteiger partial charge in [-0.05, 0) is 69.3 Å². The van der Waals surface area contributed by atoms with E-state index in [4.69, 9.17) is 13.9 Å². The molecule has 4 rings (SSSR count). The van der Waals surface area contributed by atoms with Gasteiger partial charge in [-0.1, -0.05) is 6.92 Å². The molecule has 0 radical (unpaired) electrons. The number of aryl methyl sites for hydroxylation is 3. The zero-order valence-electron chi connectivity index (χ0n) is 18.1. The van der Waals surface area contributed by atoms with Crippen LogP contribution in [-0.4, -0.2) is 37.3 Å². The first-order valence-corrected chi connectivity index (χ1v) is 10.2. The largest absolute Gasteiger partial charge is 0.507 e. The smallest absolute Gasteiger partial charge is 0.200 e. The van der Waals surface area contributed by atoms with Crippen LogP contribution in [0.1, 0.15) is 29.4 Å². The van der Waals surface area contributed by atoms with Crippen LogP contribution in [0.25, 0.3) is 22.1 Å². The van der Waals surface area contributed by atoms with Gasteiger partial charge in [0.25, 0.3) is 0 Å². The SMILES string of the molecule is CCc1cc2c(=O)c(-c3cc4c(cc3C)OCCO4)c(C)oc2c(CN(C)C)c1O. The van der Waals surface area contributed by atoms with E-state index in [0.29, 0.717) is 65.5 Å². The molecule has 0 spiro atoms. The van der Waals surface area contributed by atoms with Crippen molar-refractivity contribution < 1.29 is 19.0 Å². The zero-order valence-corrected chi connectivity index (χ0v) is 18.1. The number of nitrogens with zero attached hydrogens (tertiary/aromatic N) is 1. The molecule has 1 N–H and O–H groups in total. The highest BCUT2D eigenvalue weighted by atomic mass is 16.6. The number of rotatable bonds is 4. The second-order valence-electron chi connectivity index (χ2n) is 8.00. The lowest BCUT2D eigenvalue weighted by atomic mass is 9.95. The predicted octanol–water partition coefficient (Wildman–Crippen LogP) is 4.18. The fourth-order valence-electron chi connectivity index (χ4n) is 4.06. The van der Waals surface area contributed by atoms with Gasteiger partial charge >= 0.3 is 0 Å². The summed E-state index contributed by atoms with van der Waals surface area (Å²) < 4.78 is 17.6. The lowest BCUT2D eigenvalue weighted by Gasteiger charge is -2.21. The topological polar surface area (TPSA) is 72.1 Å². The zero-order chi connectivity index (χ0) is 21.6. The summed E-state index contributed by atoms with van der Waals surface area (Å²) in [6, 6.07) is 5.52. The summed E-state index contributed by atoms with van der Waals surface area (Å²) in [6.45, 7) is 7.16. The van der Waals surface area contributed by atoms with Crippen molar-refractivity contribution in [3.05, 3.63) is 50.9 Å². The second-order valence-corrected chi connectivity index (χ2v) is 8.00. The fourth-order valence-corrected chi connectivity index (χ4v) is 4.06. The molecule has 0 atom stereocenters. The van der Waals surface area contributed by atoms with Gasteiger partial charge in [0.1, 0.15) is 30.3 Å². The van der Waals surface area contributed by atoms with Crippen molar-refractivity contribution in [3.63, 3.8) is 0 Å². The molecule has 30 heavy (non-hydrogen) atoms. The van der Waals surface area contributed by atoms with Crippen molar-refractivity contribution >= 4 is 11.0 Å². The van der Waals surface area contributed by atoms with Crippen molar-refractivity contribution in [1.82, 2.24) is 4.90 Å². The number of hydrogen-bond acceptors (Lipinski definition) is 6. The molecule has 2 heterocycles. The lowest BCUT2D eigenvalue weighted by Crippen LogP contribution is -2.16. The molecular weight excluding hydrogens is 382 g/mol. The molecule has 3 aromatic rings. The Morgan fingerprint density at radius 2 is 1.73 bits per heavy atom. The minimum Gasteiger partial charge on any atom is -0.507 e. The number of phenols is 1. The van der Waals surface area contributed by atoms with E-state index in [9.17, 15) is 9.90 Å². The van der Waals surface area contributed by atoms with E-state index in [2.05, 4.69) is 0 Å². The van der Waals surface area contributed by atoms with Gasteiger partial charge in [0.15, 0.2) is 11.5 Å². The molecule has 0 bridgehead atoms. The molecule has 1 aromatic heterocycles. The van der Waals surface area contributed by atoms with E-state index in [0.717, 1.165) is 16.7 Å². The molecular formula is C24H27NO5. The Kier molecular flexibility index (Phi) is 5.20. The van der Waals surface area contributed by atoms with Crippen LogP contribution >= 0.6 is 0 Å². The Morgan fingerprint density at radius 3 is 2.37 bits per heavy atom. The van der Waals surface area contributed by atoms with Crippen LogP contribution in [0.2, 0.25) is 0 Å². The Bertz CT molecular complexity index is 1190. The molecule has 0 aliphatic carbocycles. The number of aromatic hydroxyl groups is 1. The summed E-state index contributed by atoms with van der Waals surface area (Å²) >= 11 is 0. The van der Waals surface area contributed by atoms with Gasteiger partial charge in [0, 0.05) is 6.54 Å². The first-order valence-electron chi connectivity index (χ1n) is 10.2. The Labute approximate surface area is 175 Å². The van der Waals surface area contributed by atoms with Crippen LogP contribution in [0.3, 0.4) is 0 Å². The van der Waals surface area contributed by atoms with E-state index in [1.807, 2.05) is 45.0 Å². The van der Waals surface area contributed by atoms with Gasteiger partial charge in [-0.15, -0.1) is 0 Å². The van der Waals surface area contributed by atoms with Crippen molar-refractivity contribution in [3.8, 4) is 28.4 Å². The monoisotopic (exact) mass is 409 g/mol. The van der Waals surface area contributed by atoms with E-state index < -0.39 is 0 Å². The number of fused-ring (bicyclic) bond motifs is 2. The van der Waals surface area contributed by atoms with Gasteiger partial charge in [-0.2, -0.15) is 0 Å². The Hall–Kier alpha value is -2.99. The van der Waals surface area contributed by atoms with Crippen LogP contribution in [-0.2, 0) is 13.0 Å². The van der Waals surface area contributed by atoms with Gasteiger partial charge < -0.3 is 23.9 Å². The van der Waals surface area contributed by atoms with Gasteiger partial charge in [-0.25, -0.2) is 0 Å². The molecule has 0 saturated carbocycles. The highest BCUT2D eigenvalue weighted by Crippen LogP contribution is 2.39. The maximum atomic E-state index is 13.7. The van der Waals surface area contributed by atoms with E-state index in [1.165, 1.54) is 0 Å². The molecule has 0 fully saturated rings. The van der Waals surface area contributed by atoms with Crippen LogP contribution in [0.15, 0.2) is 27.4 Å². The third-order valence-electron chi connectivity index (χ3n) is 5.52. The van der Waals surface area contributed by atoms with Crippen molar-refractivity contribution in [2.75, 3.05) is 27.3 Å². The first kappa shape index (κ1) is 20.3. The minimum absolute atomic E-state index is 0.108. The second kappa shape index (κ2) is 7.69. The summed E-state index contributed by atoms with van der Waals surface area (Å²) in [7, 11) is 3.84. The standard InChI is InChI=1S/C24H27NO5/c1-6-15-10-17-23(27)21(14(3)30-24(17)18(22(15)26)12-25(4)5)16-11-20-19(9-13(16)2)28-7-8-29-20/h9-11,26H,6-8,12H2,1-5H3. The van der Waals surface area contributed by atoms with E-state index in [1.54, 1.807) is 13.0 Å². The highest BCUT2D eigenvalue weighted by molar-refractivity contribution is 5.88. The predicted molar refractivity (Wildman–Crippen MR) is 117 cm³/mol. The maximum absolute atomic E-state index is 13.7. The summed E-state index contributed by atoms with van der Waals surface area (Å²) in [6.07, 6.45) is 0.619. The molecule has 0 unspecified atom stereocenters. The van der Waals surface area contributed by atoms with Crippen LogP contribution in [0.5, 0.6) is 17.2 Å². The van der Waals surface area contributed by atoms with Gasteiger partial charge in [0.2, 0.25) is 5.43 Å². The lowest BCUT2D eigenvalue weighted by molar-refractivity contribution is 0.171. The fraction of sp³-hybridized carbons (Fsp3) is 0.375. The van der Waals surface area contributed by atoms with Crippen LogP contribution in [0.4, 0.5) is 0 Å². The minimum atomic E-state index is -0.108. The average molecular weight is 409 g/mol. The summed E-state index contributed by atoms with van der Waals surface area (Å²) in [4.78, 5) is 15.6. The maximum Gasteiger partial charge on any atom is 0.200 e. The molecule has 1 aliphatic heterocycles. The third-order valence-corrected chi connectivity index (χ3v) is 5.52. The van der Waals surface area contributed by atoms with Gasteiger partial charge in [-0.3, -0.25) is 4.79 Å². The van der Waals surface area contributed by atoms with E-state index >= 15 is 0 Å². The van der Waals surface area contributed by atoms with Crippen LogP contribution < -0.4 is 14.9 Å². The first-order chi connectivity index (χ1) is 14.3. The molecule has 0 saturated heterocycles. The summed E-state index contributed by atoms with van der Waals surface area (Å²) in [5, 5.41) is 11.2. The number of phenolic OH excluding ortho intramolecular Hbond substituents is 1. The Morgan fingerprint density at radius 1 is 1.07 bits per heavy atom. The number of hydrogen-bond donors (Lipinski definition) is 1. The van der Waals surface area contributed by atoms with Crippen molar-refractivity contribution in [1.29, 1.82) is 0 Å². The Balaban J connectivity index is 2.02. The van der Waals surface area contributed by atoms with Gasteiger partial charge in [0.05, 0.1) is 16.5 Å². The molecule has 6 nitrogen and oxygen atoms in total. The number of benzene rings is 2. The van der Waals surface area contributed by atoms with Crippen LogP contribution in [0, 0.1) is 13.8 Å². The average Bonchev–Trinajstić information content (AvgIpc) is 2.70. The summed E-state index contributed by atoms with van der Waals surface area (Å²) in [5.41, 5.74) is 3.91. The molecule has 1 aliphatic rings. The quantitative estimate of drug-likeness (QED) is 0.697. The molecule has 158 valence electrons. The molecule has 2 aromatic carbocycles. The van der Waals surface area contributed by atoms with Crippen molar-refractivity contribution in [2.24, 2.45) is 0 Å². The highest BCUT2D eigenvalue weighted by Gasteiger charge is 2.23. The van der Waals surface area contributed by atoms with E-state index in [-0.39, 0.29) is 11.2 Å². The summed E-state index contributed by atoms with van der Waals surface area (Å²) in [5.74, 6) is 2.03. The molecule has 0 amide bonds. The normalized spacial score (nSPS) is 13.3. The molecule has 6 heteroatoms. The third kappa shape index (κ3) is 3.31. The van der Waals surface area contributed by atoms with Crippen molar-refractivity contribution in [2.45, 2.75) is 33.7 Å². The number of ether oxygens (including phenoxy) is 2.